The number of halogens is 3. The van der Waals surface area contributed by atoms with Gasteiger partial charge in [0.05, 0.1) is 10.0 Å². The Kier molecular flexibility index (Phi) is 4.58. The molecule has 1 atom stereocenters. The largest absolute Gasteiger partial charge is 0.454 e. The fraction of sp³-hybridized carbons (Fsp3) is 0.143. The molecule has 0 aliphatic carbocycles. The van der Waals surface area contributed by atoms with Crippen molar-refractivity contribution in [2.24, 2.45) is 5.73 Å². The normalized spacial score (nSPS) is 12.3. The predicted octanol–water partition coefficient (Wildman–Crippen LogP) is 5.46. The van der Waals surface area contributed by atoms with Gasteiger partial charge in [0.1, 0.15) is 16.5 Å². The summed E-state index contributed by atoms with van der Waals surface area (Å²) in [6.45, 7) is 1.89. The quantitative estimate of drug-likeness (QED) is 0.816. The number of nitrogens with two attached hydrogens (primary N) is 1. The highest BCUT2D eigenvalue weighted by atomic mass is 35.5. The van der Waals surface area contributed by atoms with E-state index in [0.717, 1.165) is 5.56 Å². The molecule has 2 aromatic carbocycles. The smallest absolute Gasteiger partial charge is 0.147 e. The Morgan fingerprint density at radius 3 is 2.37 bits per heavy atom. The van der Waals surface area contributed by atoms with Crippen molar-refractivity contribution < 1.29 is 4.74 Å². The van der Waals surface area contributed by atoms with E-state index >= 15 is 0 Å². The molecule has 0 amide bonds. The van der Waals surface area contributed by atoms with E-state index in [2.05, 4.69) is 0 Å². The predicted molar refractivity (Wildman–Crippen MR) is 80.6 cm³/mol. The van der Waals surface area contributed by atoms with Crippen molar-refractivity contribution in [1.82, 2.24) is 0 Å². The molecule has 2 nitrogen and oxygen atoms in total. The molecule has 0 aliphatic heterocycles. The molecule has 0 aliphatic rings. The third-order valence-corrected chi connectivity index (χ3v) is 3.71. The van der Waals surface area contributed by atoms with Gasteiger partial charge in [-0.3, -0.25) is 0 Å². The third kappa shape index (κ3) is 3.34. The summed E-state index contributed by atoms with van der Waals surface area (Å²) in [7, 11) is 0. The van der Waals surface area contributed by atoms with Crippen LogP contribution in [0.4, 0.5) is 0 Å². The second-order valence-electron chi connectivity index (χ2n) is 4.13. The Bertz CT molecular complexity index is 599. The summed E-state index contributed by atoms with van der Waals surface area (Å²) in [5, 5.41) is 1.27. The molecule has 0 saturated carbocycles. The van der Waals surface area contributed by atoms with Crippen molar-refractivity contribution in [2.75, 3.05) is 0 Å². The SMILES string of the molecule is C[C@@H](N)c1ccc(Oc2cccc(Cl)c2Cl)c(Cl)c1. The molecule has 0 unspecified atom stereocenters. The van der Waals surface area contributed by atoms with E-state index in [0.29, 0.717) is 26.6 Å². The van der Waals surface area contributed by atoms with Gasteiger partial charge in [-0.05, 0) is 36.8 Å². The molecule has 0 saturated heterocycles. The molecular weight excluding hydrogens is 305 g/mol. The minimum absolute atomic E-state index is 0.0821. The van der Waals surface area contributed by atoms with Gasteiger partial charge in [0.25, 0.3) is 0 Å². The molecular formula is C14H12Cl3NO. The van der Waals surface area contributed by atoms with Gasteiger partial charge < -0.3 is 10.5 Å². The van der Waals surface area contributed by atoms with Gasteiger partial charge in [-0.25, -0.2) is 0 Å². The topological polar surface area (TPSA) is 35.2 Å². The third-order valence-electron chi connectivity index (χ3n) is 2.62. The van der Waals surface area contributed by atoms with Crippen molar-refractivity contribution in [3.63, 3.8) is 0 Å². The van der Waals surface area contributed by atoms with Crippen LogP contribution in [0.1, 0.15) is 18.5 Å². The van der Waals surface area contributed by atoms with Crippen LogP contribution in [0.25, 0.3) is 0 Å². The first kappa shape index (κ1) is 14.5. The van der Waals surface area contributed by atoms with E-state index in [9.17, 15) is 0 Å². The van der Waals surface area contributed by atoms with E-state index in [-0.39, 0.29) is 6.04 Å². The van der Waals surface area contributed by atoms with Crippen LogP contribution >= 0.6 is 34.8 Å². The Balaban J connectivity index is 2.31. The lowest BCUT2D eigenvalue weighted by Crippen LogP contribution is -2.04. The fourth-order valence-electron chi connectivity index (χ4n) is 1.56. The Hall–Kier alpha value is -0.930. The maximum Gasteiger partial charge on any atom is 0.147 e. The van der Waals surface area contributed by atoms with E-state index in [1.54, 1.807) is 30.3 Å². The molecule has 19 heavy (non-hydrogen) atoms. The second kappa shape index (κ2) is 6.02. The molecule has 0 fully saturated rings. The van der Waals surface area contributed by atoms with Crippen molar-refractivity contribution in [3.8, 4) is 11.5 Å². The lowest BCUT2D eigenvalue weighted by atomic mass is 10.1. The molecule has 0 aromatic heterocycles. The summed E-state index contributed by atoms with van der Waals surface area (Å²) in [5.74, 6) is 0.972. The molecule has 0 radical (unpaired) electrons. The van der Waals surface area contributed by atoms with Gasteiger partial charge >= 0.3 is 0 Å². The molecule has 5 heteroatoms. The molecule has 0 bridgehead atoms. The number of rotatable bonds is 3. The monoisotopic (exact) mass is 315 g/mol. The maximum absolute atomic E-state index is 6.16. The van der Waals surface area contributed by atoms with Crippen LogP contribution in [0.3, 0.4) is 0 Å². The summed E-state index contributed by atoms with van der Waals surface area (Å²) in [6, 6.07) is 10.5. The van der Waals surface area contributed by atoms with Crippen LogP contribution in [-0.2, 0) is 0 Å². The highest BCUT2D eigenvalue weighted by molar-refractivity contribution is 6.43. The van der Waals surface area contributed by atoms with Gasteiger partial charge in [0, 0.05) is 6.04 Å². The van der Waals surface area contributed by atoms with Crippen molar-refractivity contribution in [2.45, 2.75) is 13.0 Å². The number of ether oxygens (including phenoxy) is 1. The van der Waals surface area contributed by atoms with Crippen molar-refractivity contribution in [3.05, 3.63) is 57.0 Å². The summed E-state index contributed by atoms with van der Waals surface area (Å²) >= 11 is 18.1. The first-order valence-electron chi connectivity index (χ1n) is 5.66. The average molecular weight is 317 g/mol. The second-order valence-corrected chi connectivity index (χ2v) is 5.32. The zero-order chi connectivity index (χ0) is 14.0. The Morgan fingerprint density at radius 1 is 1.00 bits per heavy atom. The number of hydrogen-bond donors (Lipinski definition) is 1. The van der Waals surface area contributed by atoms with Gasteiger partial charge in [-0.15, -0.1) is 0 Å². The lowest BCUT2D eigenvalue weighted by molar-refractivity contribution is 0.483. The van der Waals surface area contributed by atoms with E-state index in [1.165, 1.54) is 0 Å². The van der Waals surface area contributed by atoms with E-state index in [1.807, 2.05) is 13.0 Å². The summed E-state index contributed by atoms with van der Waals surface area (Å²) in [5.41, 5.74) is 6.73. The molecule has 100 valence electrons. The van der Waals surface area contributed by atoms with Gasteiger partial charge in [0.15, 0.2) is 0 Å². The number of hydrogen-bond acceptors (Lipinski definition) is 2. The first-order valence-corrected chi connectivity index (χ1v) is 6.79. The van der Waals surface area contributed by atoms with Gasteiger partial charge in [0.2, 0.25) is 0 Å². The first-order chi connectivity index (χ1) is 8.99. The molecule has 2 N–H and O–H groups in total. The van der Waals surface area contributed by atoms with E-state index in [4.69, 9.17) is 45.3 Å². The van der Waals surface area contributed by atoms with Crippen molar-refractivity contribution >= 4 is 34.8 Å². The number of benzene rings is 2. The summed E-state index contributed by atoms with van der Waals surface area (Å²) in [4.78, 5) is 0. The highest BCUT2D eigenvalue weighted by Gasteiger charge is 2.10. The molecule has 2 aromatic rings. The Morgan fingerprint density at radius 2 is 1.74 bits per heavy atom. The van der Waals surface area contributed by atoms with Crippen molar-refractivity contribution in [1.29, 1.82) is 0 Å². The fourth-order valence-corrected chi connectivity index (χ4v) is 2.12. The molecule has 2 rings (SSSR count). The summed E-state index contributed by atoms with van der Waals surface area (Å²) in [6.07, 6.45) is 0. The van der Waals surface area contributed by atoms with E-state index < -0.39 is 0 Å². The minimum atomic E-state index is -0.0821. The zero-order valence-corrected chi connectivity index (χ0v) is 12.4. The molecule has 0 spiro atoms. The molecule has 0 heterocycles. The van der Waals surface area contributed by atoms with Crippen LogP contribution in [0.5, 0.6) is 11.5 Å². The minimum Gasteiger partial charge on any atom is -0.454 e. The Labute approximate surface area is 127 Å². The summed E-state index contributed by atoms with van der Waals surface area (Å²) < 4.78 is 5.67. The van der Waals surface area contributed by atoms with Crippen LogP contribution in [-0.4, -0.2) is 0 Å². The van der Waals surface area contributed by atoms with Crippen LogP contribution in [0, 0.1) is 0 Å². The van der Waals surface area contributed by atoms with Crippen LogP contribution < -0.4 is 10.5 Å². The maximum atomic E-state index is 6.16. The lowest BCUT2D eigenvalue weighted by Gasteiger charge is -2.12. The van der Waals surface area contributed by atoms with Crippen LogP contribution in [0.2, 0.25) is 15.1 Å². The van der Waals surface area contributed by atoms with Crippen LogP contribution in [0.15, 0.2) is 36.4 Å². The van der Waals surface area contributed by atoms with Gasteiger partial charge in [-0.2, -0.15) is 0 Å². The highest BCUT2D eigenvalue weighted by Crippen LogP contribution is 2.37. The standard InChI is InChI=1S/C14H12Cl3NO/c1-8(18)9-5-6-12(11(16)7-9)19-13-4-2-3-10(15)14(13)17/h2-8H,18H2,1H3/t8-/m1/s1. The van der Waals surface area contributed by atoms with Gasteiger partial charge in [-0.1, -0.05) is 46.9 Å². The zero-order valence-electron chi connectivity index (χ0n) is 10.2. The average Bonchev–Trinajstić information content (AvgIpc) is 2.37.